The smallest absolute Gasteiger partial charge is 0.343 e. The zero-order chi connectivity index (χ0) is 24.7. The van der Waals surface area contributed by atoms with E-state index in [4.69, 9.17) is 21.1 Å². The second-order valence-corrected chi connectivity index (χ2v) is 8.74. The molecule has 3 rings (SSSR count). The zero-order valence-corrected chi connectivity index (χ0v) is 21.0. The van der Waals surface area contributed by atoms with E-state index in [1.54, 1.807) is 30.3 Å². The molecule has 174 valence electrons. The van der Waals surface area contributed by atoms with Crippen molar-refractivity contribution in [3.05, 3.63) is 95.9 Å². The fourth-order valence-corrected chi connectivity index (χ4v) is 3.71. The normalized spacial score (nSPS) is 10.7. The van der Waals surface area contributed by atoms with Crippen molar-refractivity contribution in [3.8, 4) is 11.5 Å². The van der Waals surface area contributed by atoms with Gasteiger partial charge in [-0.1, -0.05) is 27.5 Å². The van der Waals surface area contributed by atoms with Gasteiger partial charge in [0.2, 0.25) is 0 Å². The number of nitro groups is 1. The van der Waals surface area contributed by atoms with Gasteiger partial charge in [0.25, 0.3) is 11.6 Å². The van der Waals surface area contributed by atoms with Crippen LogP contribution in [0.5, 0.6) is 11.5 Å². The summed E-state index contributed by atoms with van der Waals surface area (Å²) in [4.78, 5) is 34.7. The maximum Gasteiger partial charge on any atom is 0.343 e. The molecule has 1 N–H and O–H groups in total. The lowest BCUT2D eigenvalue weighted by Crippen LogP contribution is -2.24. The maximum absolute atomic E-state index is 12.4. The Labute approximate surface area is 215 Å². The number of halogens is 3. The van der Waals surface area contributed by atoms with Crippen molar-refractivity contribution < 1.29 is 24.0 Å². The van der Waals surface area contributed by atoms with Gasteiger partial charge in [0.15, 0.2) is 6.61 Å². The number of hydrogen-bond donors (Lipinski definition) is 1. The molecule has 0 heterocycles. The molecule has 0 spiro atoms. The van der Waals surface area contributed by atoms with E-state index in [0.29, 0.717) is 25.3 Å². The lowest BCUT2D eigenvalue weighted by molar-refractivity contribution is -0.384. The largest absolute Gasteiger partial charge is 0.483 e. The monoisotopic (exact) mass is 609 g/mol. The van der Waals surface area contributed by atoms with Gasteiger partial charge >= 0.3 is 5.97 Å². The second-order valence-electron chi connectivity index (χ2n) is 6.53. The number of rotatable bonds is 8. The third-order valence-electron chi connectivity index (χ3n) is 4.13. The molecular weight excluding hydrogens is 598 g/mol. The summed E-state index contributed by atoms with van der Waals surface area (Å²) in [7, 11) is 0. The SMILES string of the molecule is O=C(COc1ccc(Cl)cc1Br)NN=Cc1cc(Br)ccc1OC(=O)c1ccc([N+](=O)[O-])cc1. The lowest BCUT2D eigenvalue weighted by Gasteiger charge is -2.09. The van der Waals surface area contributed by atoms with E-state index < -0.39 is 16.8 Å². The first kappa shape index (κ1) is 25.3. The summed E-state index contributed by atoms with van der Waals surface area (Å²) in [6.45, 7) is -0.294. The summed E-state index contributed by atoms with van der Waals surface area (Å²) in [5, 5.41) is 15.2. The molecule has 0 aliphatic heterocycles. The minimum Gasteiger partial charge on any atom is -0.483 e. The van der Waals surface area contributed by atoms with E-state index in [2.05, 4.69) is 42.4 Å². The van der Waals surface area contributed by atoms with E-state index in [0.717, 1.165) is 0 Å². The number of ether oxygens (including phenoxy) is 2. The van der Waals surface area contributed by atoms with Crippen LogP contribution in [-0.4, -0.2) is 29.6 Å². The van der Waals surface area contributed by atoms with Gasteiger partial charge in [-0.25, -0.2) is 10.2 Å². The van der Waals surface area contributed by atoms with Gasteiger partial charge < -0.3 is 9.47 Å². The Morgan fingerprint density at radius 2 is 1.76 bits per heavy atom. The number of nitrogens with zero attached hydrogens (tertiary/aromatic N) is 2. The molecule has 12 heteroatoms. The van der Waals surface area contributed by atoms with Crippen molar-refractivity contribution in [2.45, 2.75) is 0 Å². The van der Waals surface area contributed by atoms with E-state index in [9.17, 15) is 19.7 Å². The molecule has 0 saturated carbocycles. The summed E-state index contributed by atoms with van der Waals surface area (Å²) in [5.41, 5.74) is 2.71. The summed E-state index contributed by atoms with van der Waals surface area (Å²) in [6, 6.07) is 14.7. The molecule has 0 aliphatic carbocycles. The Morgan fingerprint density at radius 1 is 1.06 bits per heavy atom. The molecule has 0 saturated heterocycles. The van der Waals surface area contributed by atoms with Crippen molar-refractivity contribution >= 4 is 67.2 Å². The third-order valence-corrected chi connectivity index (χ3v) is 5.48. The number of hydrogen-bond acceptors (Lipinski definition) is 7. The molecule has 0 aromatic heterocycles. The highest BCUT2D eigenvalue weighted by Crippen LogP contribution is 2.28. The first-order valence-corrected chi connectivity index (χ1v) is 11.4. The average molecular weight is 612 g/mol. The van der Waals surface area contributed by atoms with E-state index in [1.165, 1.54) is 36.5 Å². The highest BCUT2D eigenvalue weighted by molar-refractivity contribution is 9.10. The number of non-ortho nitro benzene ring substituents is 1. The van der Waals surface area contributed by atoms with Gasteiger partial charge in [-0.15, -0.1) is 0 Å². The standard InChI is InChI=1S/C22H14Br2ClN3O6/c23-15-3-7-19(34-22(30)13-1-5-17(6-2-13)28(31)32)14(9-15)11-26-27-21(29)12-33-20-8-4-16(25)10-18(20)24/h1-11H,12H2,(H,27,29). The van der Waals surface area contributed by atoms with Crippen molar-refractivity contribution in [1.82, 2.24) is 5.43 Å². The topological polar surface area (TPSA) is 120 Å². The maximum atomic E-state index is 12.4. The van der Waals surface area contributed by atoms with Gasteiger partial charge in [-0.2, -0.15) is 5.10 Å². The Balaban J connectivity index is 1.63. The second kappa shape index (κ2) is 11.7. The van der Waals surface area contributed by atoms with Gasteiger partial charge in [0.1, 0.15) is 11.5 Å². The van der Waals surface area contributed by atoms with Gasteiger partial charge in [0.05, 0.1) is 21.2 Å². The minimum absolute atomic E-state index is 0.134. The predicted molar refractivity (Wildman–Crippen MR) is 133 cm³/mol. The molecule has 34 heavy (non-hydrogen) atoms. The number of carbonyl (C=O) groups is 2. The number of hydrazone groups is 1. The van der Waals surface area contributed by atoms with Crippen LogP contribution in [0.1, 0.15) is 15.9 Å². The quantitative estimate of drug-likeness (QED) is 0.118. The van der Waals surface area contributed by atoms with Crippen LogP contribution in [0.15, 0.2) is 74.7 Å². The Morgan fingerprint density at radius 3 is 2.44 bits per heavy atom. The highest BCUT2D eigenvalue weighted by Gasteiger charge is 2.14. The Kier molecular flexibility index (Phi) is 8.74. The Hall–Kier alpha value is -3.28. The van der Waals surface area contributed by atoms with Crippen LogP contribution >= 0.6 is 43.5 Å². The van der Waals surface area contributed by atoms with Crippen molar-refractivity contribution in [1.29, 1.82) is 0 Å². The number of amides is 1. The highest BCUT2D eigenvalue weighted by atomic mass is 79.9. The lowest BCUT2D eigenvalue weighted by atomic mass is 10.2. The van der Waals surface area contributed by atoms with Crippen LogP contribution in [0.25, 0.3) is 0 Å². The van der Waals surface area contributed by atoms with E-state index in [1.807, 2.05) is 0 Å². The van der Waals surface area contributed by atoms with Crippen LogP contribution in [-0.2, 0) is 4.79 Å². The molecular formula is C22H14Br2ClN3O6. The van der Waals surface area contributed by atoms with E-state index in [-0.39, 0.29) is 23.6 Å². The fourth-order valence-electron chi connectivity index (χ4n) is 2.53. The molecule has 0 bridgehead atoms. The van der Waals surface area contributed by atoms with Crippen molar-refractivity contribution in [2.75, 3.05) is 6.61 Å². The molecule has 3 aromatic carbocycles. The number of esters is 1. The number of nitrogens with one attached hydrogen (secondary N) is 1. The number of carbonyl (C=O) groups excluding carboxylic acids is 2. The molecule has 0 aliphatic rings. The van der Waals surface area contributed by atoms with E-state index >= 15 is 0 Å². The molecule has 0 fully saturated rings. The van der Waals surface area contributed by atoms with Crippen LogP contribution in [0, 0.1) is 10.1 Å². The number of nitro benzene ring substituents is 1. The predicted octanol–water partition coefficient (Wildman–Crippen LogP) is 5.52. The minimum atomic E-state index is -0.710. The van der Waals surface area contributed by atoms with Gasteiger partial charge in [-0.05, 0) is 64.5 Å². The molecule has 0 atom stereocenters. The summed E-state index contributed by atoms with van der Waals surface area (Å²) in [6.07, 6.45) is 1.30. The van der Waals surface area contributed by atoms with Crippen LogP contribution in [0.2, 0.25) is 5.02 Å². The van der Waals surface area contributed by atoms with Crippen molar-refractivity contribution in [2.24, 2.45) is 5.10 Å². The van der Waals surface area contributed by atoms with Gasteiger partial charge in [0, 0.05) is 27.2 Å². The third kappa shape index (κ3) is 7.11. The summed E-state index contributed by atoms with van der Waals surface area (Å²) >= 11 is 12.5. The first-order valence-electron chi connectivity index (χ1n) is 9.39. The molecule has 1 amide bonds. The fraction of sp³-hybridized carbons (Fsp3) is 0.0455. The number of benzene rings is 3. The van der Waals surface area contributed by atoms with Crippen LogP contribution < -0.4 is 14.9 Å². The zero-order valence-electron chi connectivity index (χ0n) is 17.0. The summed E-state index contributed by atoms with van der Waals surface area (Å²) in [5.74, 6) is -0.614. The van der Waals surface area contributed by atoms with Gasteiger partial charge in [-0.3, -0.25) is 14.9 Å². The molecule has 9 nitrogen and oxygen atoms in total. The molecule has 3 aromatic rings. The Bertz CT molecular complexity index is 1270. The molecule has 0 radical (unpaired) electrons. The van der Waals surface area contributed by atoms with Crippen LogP contribution in [0.3, 0.4) is 0 Å². The summed E-state index contributed by atoms with van der Waals surface area (Å²) < 4.78 is 12.1. The van der Waals surface area contributed by atoms with Crippen molar-refractivity contribution in [3.63, 3.8) is 0 Å². The van der Waals surface area contributed by atoms with Crippen LogP contribution in [0.4, 0.5) is 5.69 Å². The molecule has 0 unspecified atom stereocenters. The average Bonchev–Trinajstić information content (AvgIpc) is 2.80. The first-order chi connectivity index (χ1) is 16.2.